The fourth-order valence-electron chi connectivity index (χ4n) is 1.88. The summed E-state index contributed by atoms with van der Waals surface area (Å²) >= 11 is 7.45. The van der Waals surface area contributed by atoms with Crippen LogP contribution in [0.4, 0.5) is 5.69 Å². The molecular weight excluding hydrogens is 352 g/mol. The first-order chi connectivity index (χ1) is 11.4. The van der Waals surface area contributed by atoms with Crippen molar-refractivity contribution in [3.63, 3.8) is 0 Å². The molecule has 0 saturated heterocycles. The second-order valence-corrected chi connectivity index (χ2v) is 5.82. The van der Waals surface area contributed by atoms with Gasteiger partial charge in [0.05, 0.1) is 12.8 Å². The van der Waals surface area contributed by atoms with Crippen molar-refractivity contribution in [2.45, 2.75) is 19.4 Å². The van der Waals surface area contributed by atoms with Crippen LogP contribution in [0.5, 0.6) is 0 Å². The second kappa shape index (κ2) is 9.80. The summed E-state index contributed by atoms with van der Waals surface area (Å²) in [5.74, 6) is -0.912. The van der Waals surface area contributed by atoms with Crippen molar-refractivity contribution >= 4 is 46.1 Å². The highest BCUT2D eigenvalue weighted by atomic mass is 35.5. The molecule has 7 nitrogen and oxygen atoms in total. The van der Waals surface area contributed by atoms with Gasteiger partial charge in [-0.3, -0.25) is 10.1 Å². The molecule has 2 N–H and O–H groups in total. The Morgan fingerprint density at radius 1 is 1.50 bits per heavy atom. The number of hydrogen-bond acceptors (Lipinski definition) is 6. The van der Waals surface area contributed by atoms with Gasteiger partial charge in [-0.1, -0.05) is 23.4 Å². The van der Waals surface area contributed by atoms with Crippen molar-refractivity contribution in [1.29, 1.82) is 5.26 Å². The number of halogens is 1. The molecule has 128 valence electrons. The zero-order valence-corrected chi connectivity index (χ0v) is 15.0. The Morgan fingerprint density at radius 3 is 2.75 bits per heavy atom. The van der Waals surface area contributed by atoms with Gasteiger partial charge in [0.25, 0.3) is 0 Å². The third-order valence-corrected chi connectivity index (χ3v) is 3.85. The van der Waals surface area contributed by atoms with Crippen molar-refractivity contribution in [3.8, 4) is 6.19 Å². The summed E-state index contributed by atoms with van der Waals surface area (Å²) in [4.78, 5) is 27.3. The lowest BCUT2D eigenvalue weighted by Crippen LogP contribution is -2.42. The van der Waals surface area contributed by atoms with Crippen LogP contribution >= 0.6 is 23.4 Å². The molecule has 1 unspecified atom stereocenters. The summed E-state index contributed by atoms with van der Waals surface area (Å²) in [7, 11) is 1.25. The highest BCUT2D eigenvalue weighted by Gasteiger charge is 2.21. The molecule has 1 rings (SSSR count). The van der Waals surface area contributed by atoms with E-state index in [4.69, 9.17) is 21.6 Å². The molecule has 0 bridgehead atoms. The van der Waals surface area contributed by atoms with E-state index in [0.717, 1.165) is 0 Å². The normalized spacial score (nSPS) is 12.0. The number of ether oxygens (including phenoxy) is 1. The topological polar surface area (TPSA) is 104 Å². The summed E-state index contributed by atoms with van der Waals surface area (Å²) < 4.78 is 4.70. The smallest absolute Gasteiger partial charge is 0.328 e. The van der Waals surface area contributed by atoms with Gasteiger partial charge in [0.1, 0.15) is 6.04 Å². The summed E-state index contributed by atoms with van der Waals surface area (Å²) in [6.45, 7) is 1.32. The number of hydrogen-bond donors (Lipinski definition) is 2. The molecule has 0 heterocycles. The van der Waals surface area contributed by atoms with Crippen LogP contribution in [-0.4, -0.2) is 36.5 Å². The van der Waals surface area contributed by atoms with Crippen LogP contribution in [0.2, 0.25) is 5.02 Å². The molecule has 1 aromatic carbocycles. The monoisotopic (exact) mass is 368 g/mol. The van der Waals surface area contributed by atoms with Gasteiger partial charge in [-0.2, -0.15) is 5.26 Å². The lowest BCUT2D eigenvalue weighted by atomic mass is 10.0. The van der Waals surface area contributed by atoms with E-state index in [0.29, 0.717) is 21.4 Å². The SMILES string of the molecule is COC(=O)C(Cc1cc(N=C(NC#N)SC)ccc1Cl)NC(C)=O. The summed E-state index contributed by atoms with van der Waals surface area (Å²) in [5.41, 5.74) is 1.19. The predicted octanol–water partition coefficient (Wildman–Crippen LogP) is 1.98. The number of benzene rings is 1. The van der Waals surface area contributed by atoms with Gasteiger partial charge in [-0.15, -0.1) is 0 Å². The van der Waals surface area contributed by atoms with Gasteiger partial charge in [0.2, 0.25) is 5.91 Å². The van der Waals surface area contributed by atoms with E-state index in [1.54, 1.807) is 30.6 Å². The molecule has 0 radical (unpaired) electrons. The zero-order valence-electron chi connectivity index (χ0n) is 13.4. The average Bonchev–Trinajstić information content (AvgIpc) is 2.55. The fraction of sp³-hybridized carbons (Fsp3) is 0.333. The van der Waals surface area contributed by atoms with Crippen LogP contribution in [0, 0.1) is 11.5 Å². The number of carbonyl (C=O) groups excluding carboxylic acids is 2. The minimum absolute atomic E-state index is 0.161. The van der Waals surface area contributed by atoms with Gasteiger partial charge in [-0.25, -0.2) is 9.79 Å². The van der Waals surface area contributed by atoms with Crippen LogP contribution in [0.3, 0.4) is 0 Å². The number of thioether (sulfide) groups is 1. The number of methoxy groups -OCH3 is 1. The number of nitriles is 1. The Bertz CT molecular complexity index is 688. The van der Waals surface area contributed by atoms with E-state index in [9.17, 15) is 9.59 Å². The Kier molecular flexibility index (Phi) is 8.09. The van der Waals surface area contributed by atoms with Crippen molar-refractivity contribution in [2.24, 2.45) is 4.99 Å². The van der Waals surface area contributed by atoms with Crippen molar-refractivity contribution in [1.82, 2.24) is 10.6 Å². The van der Waals surface area contributed by atoms with Crippen LogP contribution in [0.25, 0.3) is 0 Å². The van der Waals surface area contributed by atoms with Crippen LogP contribution in [0.1, 0.15) is 12.5 Å². The average molecular weight is 369 g/mol. The zero-order chi connectivity index (χ0) is 18.1. The molecular formula is C15H17ClN4O3S. The largest absolute Gasteiger partial charge is 0.467 e. The number of esters is 1. The maximum absolute atomic E-state index is 11.8. The standard InChI is InChI=1S/C15H17ClN4O3S/c1-9(21)19-13(14(22)23-2)7-10-6-11(4-5-12(10)16)20-15(24-3)18-8-17/h4-6,13H,7H2,1-3H3,(H,18,20)(H,19,21). The minimum atomic E-state index is -0.846. The van der Waals surface area contributed by atoms with E-state index in [2.05, 4.69) is 15.6 Å². The number of aliphatic imine (C=N–C) groups is 1. The number of rotatable bonds is 5. The molecule has 0 fully saturated rings. The number of amidine groups is 1. The third kappa shape index (κ3) is 6.10. The molecule has 1 amide bonds. The highest BCUT2D eigenvalue weighted by Crippen LogP contribution is 2.24. The van der Waals surface area contributed by atoms with Gasteiger partial charge < -0.3 is 10.1 Å². The maximum Gasteiger partial charge on any atom is 0.328 e. The van der Waals surface area contributed by atoms with Crippen LogP contribution in [0.15, 0.2) is 23.2 Å². The van der Waals surface area contributed by atoms with E-state index < -0.39 is 12.0 Å². The highest BCUT2D eigenvalue weighted by molar-refractivity contribution is 8.13. The molecule has 9 heteroatoms. The molecule has 0 saturated carbocycles. The molecule has 0 spiro atoms. The summed E-state index contributed by atoms with van der Waals surface area (Å²) in [6, 6.07) is 4.17. The minimum Gasteiger partial charge on any atom is -0.467 e. The number of carbonyl (C=O) groups is 2. The van der Waals surface area contributed by atoms with E-state index in [1.807, 2.05) is 0 Å². The first kappa shape index (κ1) is 19.8. The number of nitrogens with zero attached hydrogens (tertiary/aromatic N) is 2. The Balaban J connectivity index is 3.10. The first-order valence-corrected chi connectivity index (χ1v) is 8.42. The van der Waals surface area contributed by atoms with E-state index in [1.165, 1.54) is 25.8 Å². The van der Waals surface area contributed by atoms with Crippen LogP contribution < -0.4 is 10.6 Å². The van der Waals surface area contributed by atoms with Crippen molar-refractivity contribution in [2.75, 3.05) is 13.4 Å². The maximum atomic E-state index is 11.8. The van der Waals surface area contributed by atoms with Crippen LogP contribution in [-0.2, 0) is 20.7 Å². The molecule has 0 aliphatic carbocycles. The van der Waals surface area contributed by atoms with Gasteiger partial charge in [0.15, 0.2) is 11.4 Å². The van der Waals surface area contributed by atoms with Crippen molar-refractivity contribution in [3.05, 3.63) is 28.8 Å². The van der Waals surface area contributed by atoms with Gasteiger partial charge in [0, 0.05) is 18.4 Å². The number of amides is 1. The Labute approximate surface area is 149 Å². The van der Waals surface area contributed by atoms with E-state index >= 15 is 0 Å². The fourth-order valence-corrected chi connectivity index (χ4v) is 2.42. The molecule has 0 aliphatic heterocycles. The van der Waals surface area contributed by atoms with Gasteiger partial charge >= 0.3 is 5.97 Å². The Hall–Kier alpha value is -2.24. The molecule has 0 aromatic heterocycles. The van der Waals surface area contributed by atoms with Crippen molar-refractivity contribution < 1.29 is 14.3 Å². The number of nitrogens with one attached hydrogen (secondary N) is 2. The quantitative estimate of drug-likeness (QED) is 0.271. The third-order valence-electron chi connectivity index (χ3n) is 2.90. The molecule has 24 heavy (non-hydrogen) atoms. The Morgan fingerprint density at radius 2 is 2.21 bits per heavy atom. The second-order valence-electron chi connectivity index (χ2n) is 4.61. The lowest BCUT2D eigenvalue weighted by molar-refractivity contribution is -0.144. The first-order valence-electron chi connectivity index (χ1n) is 6.82. The predicted molar refractivity (Wildman–Crippen MR) is 94.1 cm³/mol. The van der Waals surface area contributed by atoms with E-state index in [-0.39, 0.29) is 12.3 Å². The summed E-state index contributed by atoms with van der Waals surface area (Å²) in [5, 5.41) is 14.5. The van der Waals surface area contributed by atoms with Gasteiger partial charge in [-0.05, 0) is 30.0 Å². The summed E-state index contributed by atoms with van der Waals surface area (Å²) in [6.07, 6.45) is 3.75. The molecule has 1 aromatic rings. The molecule has 1 atom stereocenters. The lowest BCUT2D eigenvalue weighted by Gasteiger charge is -2.16. The molecule has 0 aliphatic rings.